The van der Waals surface area contributed by atoms with Gasteiger partial charge in [-0.1, -0.05) is 18.5 Å². The highest BCUT2D eigenvalue weighted by Gasteiger charge is 2.13. The molecule has 0 atom stereocenters. The van der Waals surface area contributed by atoms with Crippen LogP contribution in [0.1, 0.15) is 34.1 Å². The number of primary amides is 1. The van der Waals surface area contributed by atoms with Gasteiger partial charge in [-0.15, -0.1) is 0 Å². The Balaban J connectivity index is 2.03. The molecule has 6 nitrogen and oxygen atoms in total. The van der Waals surface area contributed by atoms with Gasteiger partial charge in [-0.25, -0.2) is 0 Å². The first-order valence-electron chi connectivity index (χ1n) is 7.56. The quantitative estimate of drug-likeness (QED) is 0.741. The van der Waals surface area contributed by atoms with Crippen LogP contribution in [0.5, 0.6) is 5.75 Å². The van der Waals surface area contributed by atoms with Crippen molar-refractivity contribution >= 4 is 34.9 Å². The van der Waals surface area contributed by atoms with Crippen LogP contribution in [0.4, 0.5) is 5.69 Å². The summed E-state index contributed by atoms with van der Waals surface area (Å²) < 4.78 is 5.40. The van der Waals surface area contributed by atoms with E-state index in [2.05, 4.69) is 5.32 Å². The minimum atomic E-state index is -0.694. The van der Waals surface area contributed by atoms with Gasteiger partial charge in [-0.3, -0.25) is 14.4 Å². The van der Waals surface area contributed by atoms with E-state index in [1.54, 1.807) is 37.3 Å². The summed E-state index contributed by atoms with van der Waals surface area (Å²) >= 11 is 5.82. The molecule has 0 aliphatic rings. The molecule has 2 aromatic carbocycles. The summed E-state index contributed by atoms with van der Waals surface area (Å²) in [5.41, 5.74) is 6.41. The number of halogens is 1. The van der Waals surface area contributed by atoms with E-state index in [0.29, 0.717) is 22.7 Å². The molecular formula is C18H17ClN2O4. The highest BCUT2D eigenvalue weighted by atomic mass is 35.5. The number of nitrogens with two attached hydrogens (primary N) is 1. The highest BCUT2D eigenvalue weighted by molar-refractivity contribution is 6.31. The average molecular weight is 361 g/mol. The maximum Gasteiger partial charge on any atom is 0.252 e. The van der Waals surface area contributed by atoms with E-state index in [0.717, 1.165) is 0 Å². The fourth-order valence-corrected chi connectivity index (χ4v) is 2.21. The summed E-state index contributed by atoms with van der Waals surface area (Å²) in [5.74, 6) is -0.888. The van der Waals surface area contributed by atoms with Crippen LogP contribution in [0.3, 0.4) is 0 Å². The summed E-state index contributed by atoms with van der Waals surface area (Å²) in [7, 11) is 0. The molecule has 3 N–H and O–H groups in total. The predicted molar refractivity (Wildman–Crippen MR) is 95.2 cm³/mol. The van der Waals surface area contributed by atoms with Gasteiger partial charge in [0.25, 0.3) is 5.91 Å². The largest absolute Gasteiger partial charge is 0.485 e. The topological polar surface area (TPSA) is 98.5 Å². The van der Waals surface area contributed by atoms with Gasteiger partial charge in [0.1, 0.15) is 5.75 Å². The van der Waals surface area contributed by atoms with Crippen LogP contribution in [-0.2, 0) is 4.79 Å². The van der Waals surface area contributed by atoms with Crippen LogP contribution >= 0.6 is 11.6 Å². The Bertz CT molecular complexity index is 803. The summed E-state index contributed by atoms with van der Waals surface area (Å²) in [5, 5.41) is 3.04. The van der Waals surface area contributed by atoms with Crippen LogP contribution in [-0.4, -0.2) is 24.2 Å². The molecule has 0 aliphatic carbocycles. The zero-order chi connectivity index (χ0) is 18.4. The van der Waals surface area contributed by atoms with Crippen molar-refractivity contribution in [2.75, 3.05) is 11.9 Å². The zero-order valence-corrected chi connectivity index (χ0v) is 14.3. The number of nitrogens with one attached hydrogen (secondary N) is 1. The van der Waals surface area contributed by atoms with Gasteiger partial charge in [0.05, 0.1) is 5.56 Å². The molecule has 2 amide bonds. The smallest absolute Gasteiger partial charge is 0.252 e. The second kappa shape index (κ2) is 8.30. The second-order valence-electron chi connectivity index (χ2n) is 5.20. The lowest BCUT2D eigenvalue weighted by molar-refractivity contribution is -0.115. The molecule has 0 radical (unpaired) electrons. The second-order valence-corrected chi connectivity index (χ2v) is 5.63. The molecule has 2 aromatic rings. The van der Waals surface area contributed by atoms with E-state index in [9.17, 15) is 14.4 Å². The van der Waals surface area contributed by atoms with Crippen molar-refractivity contribution in [3.8, 4) is 5.75 Å². The fraction of sp³-hybridized carbons (Fsp3) is 0.167. The van der Waals surface area contributed by atoms with Crippen molar-refractivity contribution in [2.45, 2.75) is 13.3 Å². The number of Topliss-reactive ketones (excluding diaryl/α,β-unsaturated/α-hetero) is 1. The predicted octanol–water partition coefficient (Wildman–Crippen LogP) is 3.05. The van der Waals surface area contributed by atoms with Crippen molar-refractivity contribution in [3.63, 3.8) is 0 Å². The van der Waals surface area contributed by atoms with Crippen LogP contribution in [0, 0.1) is 0 Å². The molecule has 0 saturated heterocycles. The number of hydrogen-bond acceptors (Lipinski definition) is 4. The number of benzene rings is 2. The SMILES string of the molecule is CCC(=O)Nc1ccc(C(=O)COc2ccc(Cl)cc2C(N)=O)cc1. The van der Waals surface area contributed by atoms with E-state index in [1.807, 2.05) is 0 Å². The average Bonchev–Trinajstić information content (AvgIpc) is 2.60. The number of hydrogen-bond donors (Lipinski definition) is 2. The molecule has 0 aromatic heterocycles. The van der Waals surface area contributed by atoms with E-state index in [4.69, 9.17) is 22.1 Å². The van der Waals surface area contributed by atoms with Gasteiger partial charge >= 0.3 is 0 Å². The first-order chi connectivity index (χ1) is 11.9. The third kappa shape index (κ3) is 5.06. The number of carbonyl (C=O) groups excluding carboxylic acids is 3. The van der Waals surface area contributed by atoms with Crippen LogP contribution in [0.25, 0.3) is 0 Å². The fourth-order valence-electron chi connectivity index (χ4n) is 2.04. The molecule has 2 rings (SSSR count). The number of anilines is 1. The van der Waals surface area contributed by atoms with Gasteiger partial charge in [-0.05, 0) is 42.5 Å². The Morgan fingerprint density at radius 1 is 1.12 bits per heavy atom. The molecule has 0 spiro atoms. The van der Waals surface area contributed by atoms with E-state index in [1.165, 1.54) is 12.1 Å². The molecule has 0 aliphatic heterocycles. The Kier molecular flexibility index (Phi) is 6.14. The molecule has 0 unspecified atom stereocenters. The summed E-state index contributed by atoms with van der Waals surface area (Å²) in [6.07, 6.45) is 0.373. The molecule has 130 valence electrons. The molecule has 0 bridgehead atoms. The van der Waals surface area contributed by atoms with Crippen LogP contribution < -0.4 is 15.8 Å². The lowest BCUT2D eigenvalue weighted by Gasteiger charge is -2.10. The Morgan fingerprint density at radius 2 is 1.80 bits per heavy atom. The zero-order valence-electron chi connectivity index (χ0n) is 13.5. The normalized spacial score (nSPS) is 10.2. The number of amides is 2. The highest BCUT2D eigenvalue weighted by Crippen LogP contribution is 2.22. The lowest BCUT2D eigenvalue weighted by atomic mass is 10.1. The van der Waals surface area contributed by atoms with Gasteiger partial charge in [-0.2, -0.15) is 0 Å². The number of ether oxygens (including phenoxy) is 1. The van der Waals surface area contributed by atoms with Crippen LogP contribution in [0.2, 0.25) is 5.02 Å². The van der Waals surface area contributed by atoms with E-state index < -0.39 is 5.91 Å². The maximum atomic E-state index is 12.2. The van der Waals surface area contributed by atoms with Gasteiger partial charge < -0.3 is 15.8 Å². The molecular weight excluding hydrogens is 344 g/mol. The van der Waals surface area contributed by atoms with Crippen molar-refractivity contribution < 1.29 is 19.1 Å². The van der Waals surface area contributed by atoms with Gasteiger partial charge in [0.15, 0.2) is 12.4 Å². The molecule has 0 heterocycles. The Labute approximate surface area is 149 Å². The third-order valence-corrected chi connectivity index (χ3v) is 3.61. The lowest BCUT2D eigenvalue weighted by Crippen LogP contribution is -2.16. The molecule has 7 heteroatoms. The maximum absolute atomic E-state index is 12.2. The van der Waals surface area contributed by atoms with Crippen molar-refractivity contribution in [2.24, 2.45) is 5.73 Å². The molecule has 0 saturated carbocycles. The van der Waals surface area contributed by atoms with Crippen molar-refractivity contribution in [1.29, 1.82) is 0 Å². The van der Waals surface area contributed by atoms with E-state index >= 15 is 0 Å². The van der Waals surface area contributed by atoms with Crippen LogP contribution in [0.15, 0.2) is 42.5 Å². The Morgan fingerprint density at radius 3 is 2.40 bits per heavy atom. The summed E-state index contributed by atoms with van der Waals surface area (Å²) in [6, 6.07) is 10.9. The standard InChI is InChI=1S/C18H17ClN2O4/c1-2-17(23)21-13-6-3-11(4-7-13)15(22)10-25-16-8-5-12(19)9-14(16)18(20)24/h3-9H,2,10H2,1H3,(H2,20,24)(H,21,23). The first kappa shape index (κ1) is 18.5. The van der Waals surface area contributed by atoms with E-state index in [-0.39, 0.29) is 29.6 Å². The minimum absolute atomic E-state index is 0.107. The first-order valence-corrected chi connectivity index (χ1v) is 7.93. The van der Waals surface area contributed by atoms with Crippen molar-refractivity contribution in [3.05, 3.63) is 58.6 Å². The molecule has 25 heavy (non-hydrogen) atoms. The van der Waals surface area contributed by atoms with Crippen molar-refractivity contribution in [1.82, 2.24) is 0 Å². The minimum Gasteiger partial charge on any atom is -0.485 e. The summed E-state index contributed by atoms with van der Waals surface area (Å²) in [4.78, 5) is 34.9. The number of carbonyl (C=O) groups is 3. The number of ketones is 1. The third-order valence-electron chi connectivity index (χ3n) is 3.38. The van der Waals surface area contributed by atoms with Gasteiger partial charge in [0, 0.05) is 22.7 Å². The Hall–Kier alpha value is -2.86. The van der Waals surface area contributed by atoms with Gasteiger partial charge in [0.2, 0.25) is 5.91 Å². The molecule has 0 fully saturated rings. The summed E-state index contributed by atoms with van der Waals surface area (Å²) in [6.45, 7) is 1.49. The number of rotatable bonds is 7. The monoisotopic (exact) mass is 360 g/mol.